The first-order chi connectivity index (χ1) is 9.84. The van der Waals surface area contributed by atoms with E-state index in [1.54, 1.807) is 29.4 Å². The zero-order valence-corrected chi connectivity index (χ0v) is 13.2. The van der Waals surface area contributed by atoms with Gasteiger partial charge in [0.25, 0.3) is 0 Å². The van der Waals surface area contributed by atoms with Gasteiger partial charge >= 0.3 is 0 Å². The average Bonchev–Trinajstić information content (AvgIpc) is 3.00. The second-order valence-corrected chi connectivity index (χ2v) is 6.88. The normalized spacial score (nSPS) is 15.6. The Morgan fingerprint density at radius 2 is 2.20 bits per heavy atom. The summed E-state index contributed by atoms with van der Waals surface area (Å²) >= 11 is 9.95. The van der Waals surface area contributed by atoms with Crippen molar-refractivity contribution in [2.45, 2.75) is 9.96 Å². The fourth-order valence-corrected chi connectivity index (χ4v) is 4.08. The molecule has 0 aliphatic carbocycles. The third-order valence-corrected chi connectivity index (χ3v) is 5.53. The second kappa shape index (κ2) is 6.76. The van der Waals surface area contributed by atoms with Crippen molar-refractivity contribution in [1.29, 1.82) is 0 Å². The van der Waals surface area contributed by atoms with E-state index >= 15 is 0 Å². The highest BCUT2D eigenvalue weighted by Gasteiger charge is 2.18. The van der Waals surface area contributed by atoms with Crippen LogP contribution >= 0.6 is 34.7 Å². The Bertz CT molecular complexity index is 559. The molecule has 1 aliphatic heterocycles. The molecule has 2 aromatic rings. The van der Waals surface area contributed by atoms with Crippen LogP contribution < -0.4 is 4.90 Å². The molecule has 3 rings (SSSR count). The Morgan fingerprint density at radius 1 is 1.35 bits per heavy atom. The van der Waals surface area contributed by atoms with Gasteiger partial charge in [0.2, 0.25) is 0 Å². The molecule has 0 unspecified atom stereocenters. The molecule has 7 heteroatoms. The van der Waals surface area contributed by atoms with Crippen molar-refractivity contribution in [2.75, 3.05) is 31.2 Å². The van der Waals surface area contributed by atoms with Gasteiger partial charge < -0.3 is 9.64 Å². The fraction of sp³-hybridized carbons (Fsp3) is 0.385. The Labute approximate surface area is 131 Å². The lowest BCUT2D eigenvalue weighted by Gasteiger charge is -2.28. The molecule has 1 saturated heterocycles. The van der Waals surface area contributed by atoms with Crippen LogP contribution in [0.5, 0.6) is 0 Å². The van der Waals surface area contributed by atoms with Gasteiger partial charge in [-0.25, -0.2) is 9.97 Å². The van der Waals surface area contributed by atoms with E-state index < -0.39 is 0 Å². The predicted octanol–water partition coefficient (Wildman–Crippen LogP) is 3.32. The lowest BCUT2D eigenvalue weighted by molar-refractivity contribution is 0.122. The van der Waals surface area contributed by atoms with Gasteiger partial charge in [-0.1, -0.05) is 17.7 Å². The van der Waals surface area contributed by atoms with Crippen LogP contribution in [0, 0.1) is 0 Å². The highest BCUT2D eigenvalue weighted by Crippen LogP contribution is 2.32. The van der Waals surface area contributed by atoms with Gasteiger partial charge in [0.1, 0.15) is 11.3 Å². The van der Waals surface area contributed by atoms with Gasteiger partial charge in [0, 0.05) is 18.8 Å². The van der Waals surface area contributed by atoms with Gasteiger partial charge in [0.05, 0.1) is 23.1 Å². The smallest absolute Gasteiger partial charge is 0.151 e. The lowest BCUT2D eigenvalue weighted by Crippen LogP contribution is -2.37. The Hall–Kier alpha value is -0.820. The molecule has 20 heavy (non-hydrogen) atoms. The van der Waals surface area contributed by atoms with Crippen LogP contribution in [0.4, 0.5) is 5.82 Å². The molecule has 3 heterocycles. The lowest BCUT2D eigenvalue weighted by atomic mass is 10.3. The van der Waals surface area contributed by atoms with Gasteiger partial charge in [-0.3, -0.25) is 0 Å². The number of morpholine rings is 1. The number of aromatic nitrogens is 2. The fourth-order valence-electron chi connectivity index (χ4n) is 1.98. The standard InChI is InChI=1S/C13H14ClN3OS2/c14-12-10(8-20-11-2-1-7-19-11)15-9-16-13(12)17-3-5-18-6-4-17/h1-2,7,9H,3-6,8H2. The number of ether oxygens (including phenoxy) is 1. The number of thioether (sulfide) groups is 1. The zero-order valence-electron chi connectivity index (χ0n) is 10.8. The predicted molar refractivity (Wildman–Crippen MR) is 84.0 cm³/mol. The molecular formula is C13H14ClN3OS2. The molecule has 106 valence electrons. The van der Waals surface area contributed by atoms with Gasteiger partial charge in [0.15, 0.2) is 5.82 Å². The summed E-state index contributed by atoms with van der Waals surface area (Å²) in [5.41, 5.74) is 0.890. The van der Waals surface area contributed by atoms with Crippen LogP contribution in [0.1, 0.15) is 5.69 Å². The van der Waals surface area contributed by atoms with Crippen LogP contribution in [0.25, 0.3) is 0 Å². The molecule has 0 saturated carbocycles. The zero-order chi connectivity index (χ0) is 13.8. The number of halogens is 1. The van der Waals surface area contributed by atoms with Crippen molar-refractivity contribution in [3.05, 3.63) is 34.6 Å². The Balaban J connectivity index is 1.74. The number of thiophene rings is 1. The van der Waals surface area contributed by atoms with Crippen LogP contribution in [-0.2, 0) is 10.5 Å². The molecule has 1 aliphatic rings. The van der Waals surface area contributed by atoms with Crippen molar-refractivity contribution in [3.8, 4) is 0 Å². The van der Waals surface area contributed by atoms with E-state index in [1.165, 1.54) is 4.21 Å². The third kappa shape index (κ3) is 3.25. The van der Waals surface area contributed by atoms with E-state index in [9.17, 15) is 0 Å². The van der Waals surface area contributed by atoms with E-state index in [-0.39, 0.29) is 0 Å². The highest BCUT2D eigenvalue weighted by atomic mass is 35.5. The van der Waals surface area contributed by atoms with Crippen LogP contribution in [0.2, 0.25) is 5.02 Å². The van der Waals surface area contributed by atoms with Crippen molar-refractivity contribution in [3.63, 3.8) is 0 Å². The summed E-state index contributed by atoms with van der Waals surface area (Å²) in [6, 6.07) is 4.15. The summed E-state index contributed by atoms with van der Waals surface area (Å²) in [7, 11) is 0. The van der Waals surface area contributed by atoms with E-state index in [0.717, 1.165) is 43.6 Å². The molecule has 0 atom stereocenters. The summed E-state index contributed by atoms with van der Waals surface area (Å²) in [5, 5.41) is 2.74. The Kier molecular flexibility index (Phi) is 4.77. The first-order valence-electron chi connectivity index (χ1n) is 6.33. The average molecular weight is 328 g/mol. The number of hydrogen-bond donors (Lipinski definition) is 0. The Morgan fingerprint density at radius 3 is 2.95 bits per heavy atom. The van der Waals surface area contributed by atoms with Crippen molar-refractivity contribution >= 4 is 40.5 Å². The van der Waals surface area contributed by atoms with Gasteiger partial charge in [-0.05, 0) is 11.4 Å². The summed E-state index contributed by atoms with van der Waals surface area (Å²) in [6.45, 7) is 3.10. The van der Waals surface area contributed by atoms with Gasteiger partial charge in [-0.15, -0.1) is 23.1 Å². The molecule has 0 N–H and O–H groups in total. The maximum atomic E-state index is 6.46. The van der Waals surface area contributed by atoms with E-state index in [0.29, 0.717) is 5.02 Å². The molecule has 2 aromatic heterocycles. The number of hydrogen-bond acceptors (Lipinski definition) is 6. The highest BCUT2D eigenvalue weighted by molar-refractivity contribution is 8.00. The summed E-state index contributed by atoms with van der Waals surface area (Å²) in [6.07, 6.45) is 1.60. The van der Waals surface area contributed by atoms with Gasteiger partial charge in [-0.2, -0.15) is 0 Å². The molecule has 0 spiro atoms. The third-order valence-electron chi connectivity index (χ3n) is 3.00. The van der Waals surface area contributed by atoms with E-state index in [1.807, 2.05) is 6.07 Å². The molecule has 0 bridgehead atoms. The topological polar surface area (TPSA) is 38.2 Å². The van der Waals surface area contributed by atoms with Crippen LogP contribution in [0.15, 0.2) is 28.0 Å². The molecule has 0 radical (unpaired) electrons. The second-order valence-electron chi connectivity index (χ2n) is 4.28. The van der Waals surface area contributed by atoms with Crippen molar-refractivity contribution in [1.82, 2.24) is 9.97 Å². The number of nitrogens with zero attached hydrogens (tertiary/aromatic N) is 3. The largest absolute Gasteiger partial charge is 0.378 e. The quantitative estimate of drug-likeness (QED) is 0.805. The first-order valence-corrected chi connectivity index (χ1v) is 8.57. The molecule has 0 amide bonds. The summed E-state index contributed by atoms with van der Waals surface area (Å²) in [4.78, 5) is 10.8. The molecule has 0 aromatic carbocycles. The van der Waals surface area contributed by atoms with Crippen LogP contribution in [-0.4, -0.2) is 36.3 Å². The maximum Gasteiger partial charge on any atom is 0.151 e. The van der Waals surface area contributed by atoms with Crippen molar-refractivity contribution in [2.24, 2.45) is 0 Å². The SMILES string of the molecule is Clc1c(CSc2cccs2)ncnc1N1CCOCC1. The maximum absolute atomic E-state index is 6.46. The van der Waals surface area contributed by atoms with Crippen molar-refractivity contribution < 1.29 is 4.74 Å². The number of anilines is 1. The minimum Gasteiger partial charge on any atom is -0.378 e. The monoisotopic (exact) mass is 327 g/mol. The van der Waals surface area contributed by atoms with E-state index in [4.69, 9.17) is 16.3 Å². The van der Waals surface area contributed by atoms with E-state index in [2.05, 4.69) is 26.3 Å². The minimum atomic E-state index is 0.665. The van der Waals surface area contributed by atoms with Crippen LogP contribution in [0.3, 0.4) is 0 Å². The molecular weight excluding hydrogens is 314 g/mol. The minimum absolute atomic E-state index is 0.665. The molecule has 1 fully saturated rings. The molecule has 4 nitrogen and oxygen atoms in total. The number of rotatable bonds is 4. The summed E-state index contributed by atoms with van der Waals surface area (Å²) < 4.78 is 6.63. The first kappa shape index (κ1) is 14.1. The summed E-state index contributed by atoms with van der Waals surface area (Å²) in [5.74, 6) is 1.59.